The van der Waals surface area contributed by atoms with Gasteiger partial charge in [0.2, 0.25) is 0 Å². The molecule has 0 aromatic heterocycles. The van der Waals surface area contributed by atoms with Crippen LogP contribution in [-0.2, 0) is 13.0 Å². The highest BCUT2D eigenvalue weighted by Crippen LogP contribution is 2.25. The molecule has 0 bridgehead atoms. The second-order valence-corrected chi connectivity index (χ2v) is 8.30. The minimum Gasteiger partial charge on any atom is -0.333 e. The molecule has 4 N–H and O–H groups in total. The zero-order valence-electron chi connectivity index (χ0n) is 17.2. The Labute approximate surface area is 170 Å². The normalized spacial score (nSPS) is 13.4. The highest BCUT2D eigenvalue weighted by atomic mass is 19.1. The lowest BCUT2D eigenvalue weighted by Gasteiger charge is -2.21. The van der Waals surface area contributed by atoms with Crippen LogP contribution in [0.3, 0.4) is 0 Å². The molecule has 0 saturated heterocycles. The van der Waals surface area contributed by atoms with E-state index in [-0.39, 0.29) is 23.1 Å². The fourth-order valence-corrected chi connectivity index (χ4v) is 3.22. The first-order valence-corrected chi connectivity index (χ1v) is 9.66. The third-order valence-electron chi connectivity index (χ3n) is 4.69. The van der Waals surface area contributed by atoms with Crippen LogP contribution in [0.2, 0.25) is 0 Å². The topological polar surface area (TPSA) is 82.3 Å². The van der Waals surface area contributed by atoms with E-state index in [2.05, 4.69) is 21.3 Å². The first-order valence-electron chi connectivity index (χ1n) is 9.66. The Morgan fingerprint density at radius 2 is 1.83 bits per heavy atom. The Bertz CT molecular complexity index is 951. The zero-order valence-corrected chi connectivity index (χ0v) is 17.2. The van der Waals surface area contributed by atoms with Crippen LogP contribution in [0.25, 0.3) is 0 Å². The number of carbonyl (C=O) groups excluding carboxylic acids is 2. The number of benzene rings is 2. The summed E-state index contributed by atoms with van der Waals surface area (Å²) >= 11 is 0. The fourth-order valence-electron chi connectivity index (χ4n) is 3.22. The average Bonchev–Trinajstić information content (AvgIpc) is 2.64. The summed E-state index contributed by atoms with van der Waals surface area (Å²) < 4.78 is 14.8. The maximum Gasteiger partial charge on any atom is 0.319 e. The molecular weight excluding hydrogens is 371 g/mol. The van der Waals surface area contributed by atoms with E-state index in [0.717, 1.165) is 11.1 Å². The number of fused-ring (bicyclic) bond motifs is 1. The van der Waals surface area contributed by atoms with Crippen molar-refractivity contribution in [1.82, 2.24) is 10.6 Å². The molecule has 1 aliphatic heterocycles. The van der Waals surface area contributed by atoms with E-state index in [9.17, 15) is 14.0 Å². The van der Waals surface area contributed by atoms with Gasteiger partial charge in [0, 0.05) is 23.3 Å². The van der Waals surface area contributed by atoms with E-state index < -0.39 is 5.91 Å². The molecule has 29 heavy (non-hydrogen) atoms. The summed E-state index contributed by atoms with van der Waals surface area (Å²) in [5, 5.41) is 11.4. The third kappa shape index (κ3) is 5.12. The maximum atomic E-state index is 14.8. The van der Waals surface area contributed by atoms with Crippen LogP contribution in [0.15, 0.2) is 30.3 Å². The number of rotatable bonds is 3. The van der Waals surface area contributed by atoms with Gasteiger partial charge in [-0.05, 0) is 75.5 Å². The number of hydrogen-bond acceptors (Lipinski definition) is 3. The van der Waals surface area contributed by atoms with Gasteiger partial charge in [-0.15, -0.1) is 0 Å². The Kier molecular flexibility index (Phi) is 5.88. The third-order valence-corrected chi connectivity index (χ3v) is 4.69. The number of anilines is 2. The molecule has 0 radical (unpaired) electrons. The van der Waals surface area contributed by atoms with Crippen molar-refractivity contribution in [2.45, 2.75) is 46.2 Å². The summed E-state index contributed by atoms with van der Waals surface area (Å²) in [7, 11) is 0. The molecule has 0 aliphatic carbocycles. The molecule has 0 unspecified atom stereocenters. The molecule has 2 aromatic rings. The highest BCUT2D eigenvalue weighted by Gasteiger charge is 2.19. The summed E-state index contributed by atoms with van der Waals surface area (Å²) in [5.41, 5.74) is 3.02. The minimum atomic E-state index is -0.433. The number of nitrogens with one attached hydrogen (secondary N) is 4. The minimum absolute atomic E-state index is 0.163. The summed E-state index contributed by atoms with van der Waals surface area (Å²) in [6.07, 6.45) is 0.590. The molecule has 0 saturated carbocycles. The smallest absolute Gasteiger partial charge is 0.319 e. The Morgan fingerprint density at radius 1 is 1.07 bits per heavy atom. The number of halogens is 1. The quantitative estimate of drug-likeness (QED) is 0.632. The van der Waals surface area contributed by atoms with Crippen LogP contribution in [0.1, 0.15) is 47.8 Å². The van der Waals surface area contributed by atoms with E-state index in [0.29, 0.717) is 36.3 Å². The molecule has 0 atom stereocenters. The van der Waals surface area contributed by atoms with Gasteiger partial charge in [0.25, 0.3) is 5.91 Å². The standard InChI is InChI=1S/C22H27FN4O2/c1-13-5-6-14(11-18(13)26-21(29)27-22(2,3)4)20(28)25-17-8-7-15-12-24-10-9-16(15)19(17)23/h5-8,11,24H,9-10,12H2,1-4H3,(H,25,28)(H2,26,27,29). The van der Waals surface area contributed by atoms with E-state index >= 15 is 0 Å². The van der Waals surface area contributed by atoms with Gasteiger partial charge in [-0.25, -0.2) is 9.18 Å². The molecule has 1 heterocycles. The van der Waals surface area contributed by atoms with Gasteiger partial charge in [0.15, 0.2) is 0 Å². The lowest BCUT2D eigenvalue weighted by Crippen LogP contribution is -2.43. The lowest BCUT2D eigenvalue weighted by molar-refractivity contribution is 0.102. The van der Waals surface area contributed by atoms with Crippen molar-refractivity contribution >= 4 is 23.3 Å². The molecule has 1 aliphatic rings. The number of hydrogen-bond donors (Lipinski definition) is 4. The van der Waals surface area contributed by atoms with Gasteiger partial charge in [-0.3, -0.25) is 4.79 Å². The van der Waals surface area contributed by atoms with Crippen molar-refractivity contribution in [2.75, 3.05) is 17.2 Å². The van der Waals surface area contributed by atoms with Crippen molar-refractivity contribution < 1.29 is 14.0 Å². The van der Waals surface area contributed by atoms with Crippen LogP contribution in [0, 0.1) is 12.7 Å². The van der Waals surface area contributed by atoms with Crippen LogP contribution < -0.4 is 21.3 Å². The van der Waals surface area contributed by atoms with E-state index in [1.807, 2.05) is 33.8 Å². The first kappa shape index (κ1) is 20.8. The SMILES string of the molecule is Cc1ccc(C(=O)Nc2ccc3c(c2F)CCNC3)cc1NC(=O)NC(C)(C)C. The van der Waals surface area contributed by atoms with E-state index in [1.54, 1.807) is 24.3 Å². The molecule has 0 fully saturated rings. The van der Waals surface area contributed by atoms with Crippen molar-refractivity contribution in [2.24, 2.45) is 0 Å². The Hall–Kier alpha value is -2.93. The van der Waals surface area contributed by atoms with Gasteiger partial charge >= 0.3 is 6.03 Å². The zero-order chi connectivity index (χ0) is 21.2. The van der Waals surface area contributed by atoms with Gasteiger partial charge in [0.1, 0.15) is 5.82 Å². The summed E-state index contributed by atoms with van der Waals surface area (Å²) in [6, 6.07) is 8.05. The second-order valence-electron chi connectivity index (χ2n) is 8.30. The number of amides is 3. The average molecular weight is 398 g/mol. The van der Waals surface area contributed by atoms with Gasteiger partial charge in [0.05, 0.1) is 5.69 Å². The Morgan fingerprint density at radius 3 is 2.55 bits per heavy atom. The van der Waals surface area contributed by atoms with Gasteiger partial charge in [-0.2, -0.15) is 0 Å². The predicted molar refractivity (Wildman–Crippen MR) is 113 cm³/mol. The Balaban J connectivity index is 1.77. The summed E-state index contributed by atoms with van der Waals surface area (Å²) in [6.45, 7) is 8.83. The lowest BCUT2D eigenvalue weighted by atomic mass is 9.99. The maximum absolute atomic E-state index is 14.8. The molecule has 3 rings (SSSR count). The molecule has 6 nitrogen and oxygen atoms in total. The van der Waals surface area contributed by atoms with E-state index in [1.165, 1.54) is 0 Å². The van der Waals surface area contributed by atoms with Crippen molar-refractivity contribution in [3.63, 3.8) is 0 Å². The molecule has 0 spiro atoms. The number of urea groups is 1. The highest BCUT2D eigenvalue weighted by molar-refractivity contribution is 6.05. The molecule has 2 aromatic carbocycles. The molecular formula is C22H27FN4O2. The monoisotopic (exact) mass is 398 g/mol. The van der Waals surface area contributed by atoms with Gasteiger partial charge < -0.3 is 21.3 Å². The second kappa shape index (κ2) is 8.21. The van der Waals surface area contributed by atoms with Crippen molar-refractivity contribution in [3.8, 4) is 0 Å². The van der Waals surface area contributed by atoms with Crippen molar-refractivity contribution in [3.05, 3.63) is 58.4 Å². The number of aryl methyl sites for hydroxylation is 1. The van der Waals surface area contributed by atoms with Crippen LogP contribution in [-0.4, -0.2) is 24.0 Å². The largest absolute Gasteiger partial charge is 0.333 e. The van der Waals surface area contributed by atoms with Crippen LogP contribution in [0.4, 0.5) is 20.6 Å². The van der Waals surface area contributed by atoms with Crippen LogP contribution in [0.5, 0.6) is 0 Å². The van der Waals surface area contributed by atoms with E-state index in [4.69, 9.17) is 0 Å². The molecule has 3 amide bonds. The predicted octanol–water partition coefficient (Wildman–Crippen LogP) is 3.95. The first-order chi connectivity index (χ1) is 13.6. The summed E-state index contributed by atoms with van der Waals surface area (Å²) in [5.74, 6) is -0.815. The molecule has 7 heteroatoms. The fraction of sp³-hybridized carbons (Fsp3) is 0.364. The summed E-state index contributed by atoms with van der Waals surface area (Å²) in [4.78, 5) is 24.9. The van der Waals surface area contributed by atoms with Crippen LogP contribution >= 0.6 is 0 Å². The van der Waals surface area contributed by atoms with Crippen molar-refractivity contribution in [1.29, 1.82) is 0 Å². The van der Waals surface area contributed by atoms with Gasteiger partial charge in [-0.1, -0.05) is 12.1 Å². The number of carbonyl (C=O) groups is 2. The molecule has 154 valence electrons.